The Morgan fingerprint density at radius 1 is 1.53 bits per heavy atom. The Balaban J connectivity index is 1.80. The van der Waals surface area contributed by atoms with Crippen molar-refractivity contribution in [2.45, 2.75) is 64.5 Å². The average molecular weight is 237 g/mol. The first-order valence-corrected chi connectivity index (χ1v) is 6.65. The summed E-state index contributed by atoms with van der Waals surface area (Å²) in [6.07, 6.45) is 7.84. The van der Waals surface area contributed by atoms with E-state index in [1.807, 2.05) is 13.8 Å². The summed E-state index contributed by atoms with van der Waals surface area (Å²) in [5, 5.41) is 12.7. The van der Waals surface area contributed by atoms with Gasteiger partial charge in [0.2, 0.25) is 5.91 Å². The molecule has 0 heterocycles. The van der Waals surface area contributed by atoms with Gasteiger partial charge in [0.1, 0.15) is 0 Å². The molecule has 2 atom stereocenters. The molecule has 0 aromatic rings. The lowest BCUT2D eigenvalue weighted by molar-refractivity contribution is -0.128. The zero-order valence-electron chi connectivity index (χ0n) is 10.8. The highest BCUT2D eigenvalue weighted by molar-refractivity contribution is 5.79. The van der Waals surface area contributed by atoms with Gasteiger partial charge < -0.3 is 10.4 Å². The number of carbonyl (C=O) groups is 1. The van der Waals surface area contributed by atoms with Crippen molar-refractivity contribution in [1.29, 1.82) is 0 Å². The predicted molar refractivity (Wildman–Crippen MR) is 67.5 cm³/mol. The van der Waals surface area contributed by atoms with Crippen LogP contribution in [0.3, 0.4) is 0 Å². The van der Waals surface area contributed by atoms with Gasteiger partial charge in [0.15, 0.2) is 0 Å². The largest absolute Gasteiger partial charge is 0.392 e. The molecule has 17 heavy (non-hydrogen) atoms. The highest BCUT2D eigenvalue weighted by Crippen LogP contribution is 2.40. The fraction of sp³-hybridized carbons (Fsp3) is 0.786. The van der Waals surface area contributed by atoms with Crippen LogP contribution in [0, 0.1) is 5.41 Å². The number of allylic oxidation sites excluding steroid dienone is 1. The fourth-order valence-corrected chi connectivity index (χ4v) is 2.66. The summed E-state index contributed by atoms with van der Waals surface area (Å²) in [4.78, 5) is 11.9. The summed E-state index contributed by atoms with van der Waals surface area (Å²) in [6, 6.07) is 0.134. The number of aliphatic hydroxyl groups excluding tert-OH is 1. The molecule has 3 nitrogen and oxygen atoms in total. The molecule has 0 aliphatic heterocycles. The number of hydrogen-bond acceptors (Lipinski definition) is 2. The van der Waals surface area contributed by atoms with Gasteiger partial charge in [0, 0.05) is 17.9 Å². The molecule has 2 unspecified atom stereocenters. The monoisotopic (exact) mass is 237 g/mol. The van der Waals surface area contributed by atoms with Gasteiger partial charge in [-0.05, 0) is 32.1 Å². The minimum Gasteiger partial charge on any atom is -0.392 e. The Labute approximate surface area is 103 Å². The van der Waals surface area contributed by atoms with E-state index in [0.29, 0.717) is 12.8 Å². The van der Waals surface area contributed by atoms with Crippen molar-refractivity contribution in [2.24, 2.45) is 5.41 Å². The van der Waals surface area contributed by atoms with Gasteiger partial charge in [-0.15, -0.1) is 0 Å². The molecule has 1 fully saturated rings. The summed E-state index contributed by atoms with van der Waals surface area (Å²) in [5.74, 6) is 0.114. The van der Waals surface area contributed by atoms with Crippen LogP contribution in [0.25, 0.3) is 0 Å². The molecular weight excluding hydrogens is 214 g/mol. The van der Waals surface area contributed by atoms with Crippen molar-refractivity contribution in [3.05, 3.63) is 11.6 Å². The van der Waals surface area contributed by atoms with E-state index in [9.17, 15) is 9.90 Å². The van der Waals surface area contributed by atoms with Crippen LogP contribution < -0.4 is 5.32 Å². The molecule has 0 saturated heterocycles. The Kier molecular flexibility index (Phi) is 3.57. The number of nitrogens with one attached hydrogen (secondary N) is 1. The quantitative estimate of drug-likeness (QED) is 0.739. The maximum Gasteiger partial charge on any atom is 0.224 e. The maximum absolute atomic E-state index is 11.9. The summed E-state index contributed by atoms with van der Waals surface area (Å²) in [7, 11) is 0. The summed E-state index contributed by atoms with van der Waals surface area (Å²) >= 11 is 0. The molecule has 1 amide bonds. The second-order valence-electron chi connectivity index (χ2n) is 5.98. The second-order valence-corrected chi connectivity index (χ2v) is 5.98. The first-order chi connectivity index (χ1) is 8.00. The zero-order valence-corrected chi connectivity index (χ0v) is 10.8. The van der Waals surface area contributed by atoms with Crippen molar-refractivity contribution in [3.8, 4) is 0 Å². The van der Waals surface area contributed by atoms with Crippen molar-refractivity contribution in [2.75, 3.05) is 0 Å². The van der Waals surface area contributed by atoms with Crippen LogP contribution >= 0.6 is 0 Å². The molecule has 2 N–H and O–H groups in total. The SMILES string of the molecule is CC1(C)C(O)CC1NC(=O)CC1=CCCCC1. The number of carbonyl (C=O) groups excluding carboxylic acids is 1. The third-order valence-electron chi connectivity index (χ3n) is 4.32. The van der Waals surface area contributed by atoms with E-state index in [1.54, 1.807) is 0 Å². The normalized spacial score (nSPS) is 31.4. The second kappa shape index (κ2) is 4.81. The molecular formula is C14H23NO2. The van der Waals surface area contributed by atoms with Crippen LogP contribution in [0.1, 0.15) is 52.4 Å². The van der Waals surface area contributed by atoms with Crippen molar-refractivity contribution >= 4 is 5.91 Å². The highest BCUT2D eigenvalue weighted by Gasteiger charge is 2.47. The maximum atomic E-state index is 11.9. The van der Waals surface area contributed by atoms with Gasteiger partial charge in [0.25, 0.3) is 0 Å². The molecule has 0 aromatic heterocycles. The topological polar surface area (TPSA) is 49.3 Å². The molecule has 2 aliphatic carbocycles. The van der Waals surface area contributed by atoms with Crippen LogP contribution in [-0.4, -0.2) is 23.2 Å². The Morgan fingerprint density at radius 3 is 2.82 bits per heavy atom. The standard InChI is InChI=1S/C14H23NO2/c1-14(2)11(9-12(14)16)15-13(17)8-10-6-4-3-5-7-10/h6,11-12,16H,3-5,7-9H2,1-2H3,(H,15,17). The molecule has 3 heteroatoms. The first-order valence-electron chi connectivity index (χ1n) is 6.65. The zero-order chi connectivity index (χ0) is 12.5. The van der Waals surface area contributed by atoms with Crippen molar-refractivity contribution in [1.82, 2.24) is 5.32 Å². The molecule has 96 valence electrons. The lowest BCUT2D eigenvalue weighted by Crippen LogP contribution is -2.61. The summed E-state index contributed by atoms with van der Waals surface area (Å²) < 4.78 is 0. The fourth-order valence-electron chi connectivity index (χ4n) is 2.66. The van der Waals surface area contributed by atoms with Gasteiger partial charge in [-0.25, -0.2) is 0 Å². The number of amides is 1. The van der Waals surface area contributed by atoms with E-state index >= 15 is 0 Å². The van der Waals surface area contributed by atoms with Crippen LogP contribution in [0.4, 0.5) is 0 Å². The van der Waals surface area contributed by atoms with Crippen LogP contribution in [-0.2, 0) is 4.79 Å². The number of aliphatic hydroxyl groups is 1. The van der Waals surface area contributed by atoms with E-state index in [-0.39, 0.29) is 23.5 Å². The van der Waals surface area contributed by atoms with Gasteiger partial charge >= 0.3 is 0 Å². The lowest BCUT2D eigenvalue weighted by Gasteiger charge is -2.49. The van der Waals surface area contributed by atoms with Gasteiger partial charge in [-0.3, -0.25) is 4.79 Å². The van der Waals surface area contributed by atoms with Gasteiger partial charge in [-0.2, -0.15) is 0 Å². The van der Waals surface area contributed by atoms with Crippen LogP contribution in [0.2, 0.25) is 0 Å². The molecule has 2 rings (SSSR count). The minimum absolute atomic E-state index is 0.114. The van der Waals surface area contributed by atoms with E-state index in [2.05, 4.69) is 11.4 Å². The molecule has 2 aliphatic rings. The van der Waals surface area contributed by atoms with Gasteiger partial charge in [0.05, 0.1) is 6.10 Å². The molecule has 0 radical (unpaired) electrons. The lowest BCUT2D eigenvalue weighted by atomic mass is 9.64. The van der Waals surface area contributed by atoms with E-state index in [4.69, 9.17) is 0 Å². The first kappa shape index (κ1) is 12.6. The minimum atomic E-state index is -0.276. The smallest absolute Gasteiger partial charge is 0.224 e. The van der Waals surface area contributed by atoms with E-state index in [1.165, 1.54) is 18.4 Å². The Bertz CT molecular complexity index is 333. The molecule has 1 saturated carbocycles. The average Bonchev–Trinajstić information content (AvgIpc) is 2.30. The Morgan fingerprint density at radius 2 is 2.29 bits per heavy atom. The van der Waals surface area contributed by atoms with Crippen molar-refractivity contribution < 1.29 is 9.90 Å². The number of rotatable bonds is 3. The summed E-state index contributed by atoms with van der Waals surface area (Å²) in [6.45, 7) is 4.01. The third kappa shape index (κ3) is 2.71. The van der Waals surface area contributed by atoms with Crippen LogP contribution in [0.15, 0.2) is 11.6 Å². The van der Waals surface area contributed by atoms with E-state index in [0.717, 1.165) is 12.8 Å². The van der Waals surface area contributed by atoms with Crippen molar-refractivity contribution in [3.63, 3.8) is 0 Å². The highest BCUT2D eigenvalue weighted by atomic mass is 16.3. The van der Waals surface area contributed by atoms with Gasteiger partial charge in [-0.1, -0.05) is 25.5 Å². The summed E-state index contributed by atoms with van der Waals surface area (Å²) in [5.41, 5.74) is 1.11. The molecule has 0 aromatic carbocycles. The Hall–Kier alpha value is -0.830. The predicted octanol–water partition coefficient (Wildman–Crippen LogP) is 2.15. The van der Waals surface area contributed by atoms with E-state index < -0.39 is 0 Å². The molecule has 0 bridgehead atoms. The molecule has 0 spiro atoms. The number of hydrogen-bond donors (Lipinski definition) is 2. The third-order valence-corrected chi connectivity index (χ3v) is 4.32. The van der Waals surface area contributed by atoms with Crippen LogP contribution in [0.5, 0.6) is 0 Å².